The van der Waals surface area contributed by atoms with Crippen molar-refractivity contribution in [1.29, 1.82) is 0 Å². The molecule has 0 atom stereocenters. The fourth-order valence-corrected chi connectivity index (χ4v) is 2.41. The van der Waals surface area contributed by atoms with Crippen molar-refractivity contribution in [2.45, 2.75) is 19.4 Å². The number of rotatable bonds is 5. The number of hydrogen-bond donors (Lipinski definition) is 1. The van der Waals surface area contributed by atoms with Crippen LogP contribution in [0.3, 0.4) is 0 Å². The summed E-state index contributed by atoms with van der Waals surface area (Å²) >= 11 is 0. The second-order valence-electron chi connectivity index (χ2n) is 5.12. The van der Waals surface area contributed by atoms with Gasteiger partial charge < -0.3 is 9.67 Å². The van der Waals surface area contributed by atoms with Crippen LogP contribution in [-0.2, 0) is 19.4 Å². The summed E-state index contributed by atoms with van der Waals surface area (Å²) in [6.07, 6.45) is 5.77. The molecule has 0 spiro atoms. The van der Waals surface area contributed by atoms with Gasteiger partial charge in [-0.2, -0.15) is 0 Å². The molecule has 21 heavy (non-hydrogen) atoms. The van der Waals surface area contributed by atoms with Gasteiger partial charge in [-0.05, 0) is 29.7 Å². The zero-order chi connectivity index (χ0) is 14.5. The maximum atomic E-state index is 9.33. The first-order valence-electron chi connectivity index (χ1n) is 7.13. The lowest BCUT2D eigenvalue weighted by atomic mass is 10.1. The molecule has 0 amide bonds. The molecule has 0 unspecified atom stereocenters. The van der Waals surface area contributed by atoms with Crippen LogP contribution in [0.4, 0.5) is 0 Å². The van der Waals surface area contributed by atoms with Gasteiger partial charge in [0.2, 0.25) is 0 Å². The van der Waals surface area contributed by atoms with Gasteiger partial charge in [0, 0.05) is 25.4 Å². The van der Waals surface area contributed by atoms with Crippen molar-refractivity contribution in [3.05, 3.63) is 83.9 Å². The molecule has 0 radical (unpaired) electrons. The first-order chi connectivity index (χ1) is 10.3. The van der Waals surface area contributed by atoms with Crippen LogP contribution in [0, 0.1) is 0 Å². The topological polar surface area (TPSA) is 38.0 Å². The summed E-state index contributed by atoms with van der Waals surface area (Å²) in [5, 5.41) is 9.33. The third-order valence-corrected chi connectivity index (χ3v) is 3.57. The Morgan fingerprint density at radius 3 is 2.38 bits per heavy atom. The zero-order valence-corrected chi connectivity index (χ0v) is 11.8. The van der Waals surface area contributed by atoms with E-state index in [1.165, 1.54) is 5.56 Å². The highest BCUT2D eigenvalue weighted by Gasteiger charge is 2.04. The standard InChI is InChI=1S/C18H18N2O/c21-17-9-6-16(7-10-17)14-20-13-12-19-18(20)11-8-15-4-2-1-3-5-15/h1-7,9-10,12-13,21H,8,11,14H2. The molecule has 0 saturated carbocycles. The first-order valence-corrected chi connectivity index (χ1v) is 7.13. The van der Waals surface area contributed by atoms with Crippen molar-refractivity contribution in [2.75, 3.05) is 0 Å². The van der Waals surface area contributed by atoms with E-state index in [0.717, 1.165) is 30.8 Å². The Hall–Kier alpha value is -2.55. The van der Waals surface area contributed by atoms with Gasteiger partial charge in [-0.25, -0.2) is 4.98 Å². The number of phenolic OH excluding ortho intramolecular Hbond substituents is 1. The summed E-state index contributed by atoms with van der Waals surface area (Å²) in [7, 11) is 0. The molecule has 1 aromatic heterocycles. The number of aromatic nitrogens is 2. The van der Waals surface area contributed by atoms with E-state index in [1.807, 2.05) is 30.6 Å². The number of nitrogens with zero attached hydrogens (tertiary/aromatic N) is 2. The molecular weight excluding hydrogens is 260 g/mol. The summed E-state index contributed by atoms with van der Waals surface area (Å²) in [6.45, 7) is 0.782. The third kappa shape index (κ3) is 3.51. The molecule has 0 aliphatic carbocycles. The van der Waals surface area contributed by atoms with Crippen molar-refractivity contribution < 1.29 is 5.11 Å². The van der Waals surface area contributed by atoms with Crippen molar-refractivity contribution in [1.82, 2.24) is 9.55 Å². The minimum atomic E-state index is 0.300. The predicted molar refractivity (Wildman–Crippen MR) is 83.3 cm³/mol. The molecule has 0 fully saturated rings. The van der Waals surface area contributed by atoms with Gasteiger partial charge in [-0.1, -0.05) is 42.5 Å². The van der Waals surface area contributed by atoms with Crippen LogP contribution in [0.25, 0.3) is 0 Å². The molecule has 2 aromatic carbocycles. The number of imidazole rings is 1. The summed E-state index contributed by atoms with van der Waals surface area (Å²) in [5.74, 6) is 1.39. The maximum Gasteiger partial charge on any atom is 0.115 e. The Bertz CT molecular complexity index is 687. The molecule has 3 aromatic rings. The first kappa shape index (κ1) is 13.4. The normalized spacial score (nSPS) is 10.7. The van der Waals surface area contributed by atoms with Crippen molar-refractivity contribution in [2.24, 2.45) is 0 Å². The van der Waals surface area contributed by atoms with Gasteiger partial charge in [0.25, 0.3) is 0 Å². The van der Waals surface area contributed by atoms with Gasteiger partial charge in [-0.3, -0.25) is 0 Å². The molecule has 1 N–H and O–H groups in total. The lowest BCUT2D eigenvalue weighted by Gasteiger charge is -2.08. The average molecular weight is 278 g/mol. The molecule has 1 heterocycles. The second-order valence-corrected chi connectivity index (χ2v) is 5.12. The fourth-order valence-electron chi connectivity index (χ4n) is 2.41. The maximum absolute atomic E-state index is 9.33. The Morgan fingerprint density at radius 2 is 1.62 bits per heavy atom. The number of benzene rings is 2. The van der Waals surface area contributed by atoms with E-state index < -0.39 is 0 Å². The van der Waals surface area contributed by atoms with Crippen LogP contribution in [0.5, 0.6) is 5.75 Å². The van der Waals surface area contributed by atoms with E-state index in [0.29, 0.717) is 5.75 Å². The highest BCUT2D eigenvalue weighted by atomic mass is 16.3. The molecule has 0 saturated heterocycles. The molecule has 3 heteroatoms. The molecule has 106 valence electrons. The zero-order valence-electron chi connectivity index (χ0n) is 11.8. The Labute approximate surface area is 124 Å². The highest BCUT2D eigenvalue weighted by molar-refractivity contribution is 5.26. The third-order valence-electron chi connectivity index (χ3n) is 3.57. The summed E-state index contributed by atoms with van der Waals surface area (Å²) in [4.78, 5) is 4.46. The van der Waals surface area contributed by atoms with Crippen molar-refractivity contribution >= 4 is 0 Å². The summed E-state index contributed by atoms with van der Waals surface area (Å²) < 4.78 is 2.16. The Balaban J connectivity index is 1.68. The quantitative estimate of drug-likeness (QED) is 0.776. The molecular formula is C18H18N2O. The SMILES string of the molecule is Oc1ccc(Cn2ccnc2CCc2ccccc2)cc1. The van der Waals surface area contributed by atoms with E-state index in [2.05, 4.69) is 33.8 Å². The van der Waals surface area contributed by atoms with Gasteiger partial charge >= 0.3 is 0 Å². The van der Waals surface area contributed by atoms with E-state index in [-0.39, 0.29) is 0 Å². The molecule has 3 nitrogen and oxygen atoms in total. The lowest BCUT2D eigenvalue weighted by molar-refractivity contribution is 0.475. The average Bonchev–Trinajstić information content (AvgIpc) is 2.96. The van der Waals surface area contributed by atoms with E-state index >= 15 is 0 Å². The van der Waals surface area contributed by atoms with Crippen molar-refractivity contribution in [3.8, 4) is 5.75 Å². The molecule has 0 aliphatic rings. The largest absolute Gasteiger partial charge is 0.508 e. The number of hydrogen-bond acceptors (Lipinski definition) is 2. The smallest absolute Gasteiger partial charge is 0.115 e. The van der Waals surface area contributed by atoms with Crippen LogP contribution in [0.1, 0.15) is 17.0 Å². The van der Waals surface area contributed by atoms with Crippen LogP contribution < -0.4 is 0 Å². The van der Waals surface area contributed by atoms with Crippen LogP contribution in [0.15, 0.2) is 67.0 Å². The number of aryl methyl sites for hydroxylation is 2. The minimum Gasteiger partial charge on any atom is -0.508 e. The van der Waals surface area contributed by atoms with Crippen molar-refractivity contribution in [3.63, 3.8) is 0 Å². The van der Waals surface area contributed by atoms with Gasteiger partial charge in [0.05, 0.1) is 0 Å². The van der Waals surface area contributed by atoms with E-state index in [9.17, 15) is 5.11 Å². The van der Waals surface area contributed by atoms with Crippen LogP contribution in [-0.4, -0.2) is 14.7 Å². The summed E-state index contributed by atoms with van der Waals surface area (Å²) in [5.41, 5.74) is 2.49. The van der Waals surface area contributed by atoms with Crippen LogP contribution >= 0.6 is 0 Å². The van der Waals surface area contributed by atoms with Gasteiger partial charge in [-0.15, -0.1) is 0 Å². The monoisotopic (exact) mass is 278 g/mol. The van der Waals surface area contributed by atoms with E-state index in [1.54, 1.807) is 12.1 Å². The summed E-state index contributed by atoms with van der Waals surface area (Å²) in [6, 6.07) is 17.8. The number of aromatic hydroxyl groups is 1. The minimum absolute atomic E-state index is 0.300. The van der Waals surface area contributed by atoms with Gasteiger partial charge in [0.15, 0.2) is 0 Å². The molecule has 0 bridgehead atoms. The second kappa shape index (κ2) is 6.27. The van der Waals surface area contributed by atoms with Crippen LogP contribution in [0.2, 0.25) is 0 Å². The fraction of sp³-hybridized carbons (Fsp3) is 0.167. The lowest BCUT2D eigenvalue weighted by Crippen LogP contribution is -2.05. The highest BCUT2D eigenvalue weighted by Crippen LogP contribution is 2.13. The molecule has 0 aliphatic heterocycles. The molecule has 3 rings (SSSR count). The predicted octanol–water partition coefficient (Wildman–Crippen LogP) is 3.42. The van der Waals surface area contributed by atoms with Gasteiger partial charge in [0.1, 0.15) is 11.6 Å². The van der Waals surface area contributed by atoms with E-state index in [4.69, 9.17) is 0 Å². The Morgan fingerprint density at radius 1 is 0.857 bits per heavy atom. The Kier molecular flexibility index (Phi) is 4.01. The number of phenols is 1.